The minimum absolute atomic E-state index is 0.0445. The fourth-order valence-electron chi connectivity index (χ4n) is 6.41. The molecule has 0 saturated carbocycles. The molecule has 0 radical (unpaired) electrons. The number of aliphatic hydroxyl groups excluding tert-OH is 3. The molecule has 0 amide bonds. The van der Waals surface area contributed by atoms with Gasteiger partial charge in [-0.25, -0.2) is 0 Å². The first-order chi connectivity index (χ1) is 18.4. The minimum Gasteiger partial charge on any atom is -0.459 e. The summed E-state index contributed by atoms with van der Waals surface area (Å²) in [4.78, 5) is 13.2. The largest absolute Gasteiger partial charge is 0.459 e. The van der Waals surface area contributed by atoms with E-state index >= 15 is 0 Å². The fourth-order valence-corrected chi connectivity index (χ4v) is 6.41. The first-order valence-corrected chi connectivity index (χ1v) is 14.3. The van der Waals surface area contributed by atoms with Gasteiger partial charge in [-0.1, -0.05) is 32.9 Å². The number of esters is 1. The van der Waals surface area contributed by atoms with Gasteiger partial charge in [0.25, 0.3) is 0 Å². The van der Waals surface area contributed by atoms with Crippen LogP contribution < -0.4 is 5.32 Å². The van der Waals surface area contributed by atoms with Crippen molar-refractivity contribution in [2.75, 3.05) is 7.05 Å². The highest BCUT2D eigenvalue weighted by Crippen LogP contribution is 2.37. The molecule has 2 fully saturated rings. The van der Waals surface area contributed by atoms with Gasteiger partial charge in [-0.2, -0.15) is 0 Å². The average Bonchev–Trinajstić information content (AvgIpc) is 2.89. The first-order valence-electron chi connectivity index (χ1n) is 14.3. The van der Waals surface area contributed by atoms with E-state index in [1.165, 1.54) is 20.8 Å². The molecule has 7 N–H and O–H groups in total. The monoisotopic (exact) mass is 576 g/mol. The zero-order valence-corrected chi connectivity index (χ0v) is 25.3. The number of carbonyl (C=O) groups excluding carboxylic acids is 1. The summed E-state index contributed by atoms with van der Waals surface area (Å²) in [5.41, 5.74) is -3.51. The molecule has 234 valence electrons. The maximum Gasteiger partial charge on any atom is 0.311 e. The first kappa shape index (κ1) is 34.8. The molecule has 0 bridgehead atoms. The summed E-state index contributed by atoms with van der Waals surface area (Å²) in [5.74, 6) is -4.27. The molecule has 12 nitrogen and oxygen atoms in total. The summed E-state index contributed by atoms with van der Waals surface area (Å²) >= 11 is 0. The molecule has 2 rings (SSSR count). The van der Waals surface area contributed by atoms with E-state index < -0.39 is 77.7 Å². The number of rotatable bonds is 4. The normalized spacial score (nSPS) is 49.4. The fraction of sp³-hybridized carbons (Fsp3) is 0.929. The third-order valence-electron chi connectivity index (χ3n) is 8.97. The summed E-state index contributed by atoms with van der Waals surface area (Å²) in [5, 5.41) is 73.0. The predicted molar refractivity (Wildman–Crippen MR) is 147 cm³/mol. The lowest BCUT2D eigenvalue weighted by Gasteiger charge is -2.46. The Hall–Kier alpha value is -1.38. The van der Waals surface area contributed by atoms with E-state index in [9.17, 15) is 35.5 Å². The minimum atomic E-state index is -1.91. The molecule has 40 heavy (non-hydrogen) atoms. The predicted octanol–water partition coefficient (Wildman–Crippen LogP) is 0.779. The summed E-state index contributed by atoms with van der Waals surface area (Å²) in [6, 6.07) is -0.334. The zero-order valence-electron chi connectivity index (χ0n) is 25.3. The highest BCUT2D eigenvalue weighted by Gasteiger charge is 2.50. The van der Waals surface area contributed by atoms with Crippen LogP contribution in [0.25, 0.3) is 0 Å². The van der Waals surface area contributed by atoms with Gasteiger partial charge in [0.2, 0.25) is 0 Å². The van der Waals surface area contributed by atoms with Crippen molar-refractivity contribution in [1.82, 2.24) is 5.32 Å². The van der Waals surface area contributed by atoms with Crippen molar-refractivity contribution in [3.63, 3.8) is 0 Å². The molecule has 2 saturated heterocycles. The van der Waals surface area contributed by atoms with Crippen molar-refractivity contribution >= 4 is 11.7 Å². The van der Waals surface area contributed by atoms with Gasteiger partial charge in [-0.3, -0.25) is 4.79 Å². The van der Waals surface area contributed by atoms with E-state index in [0.29, 0.717) is 6.42 Å². The van der Waals surface area contributed by atoms with Crippen LogP contribution in [0, 0.1) is 23.7 Å². The average molecular weight is 577 g/mol. The van der Waals surface area contributed by atoms with Gasteiger partial charge < -0.3 is 50.3 Å². The number of nitrogens with one attached hydrogen (secondary N) is 1. The molecule has 0 aromatic heterocycles. The molecule has 0 aliphatic carbocycles. The number of carbonyl (C=O) groups is 1. The van der Waals surface area contributed by atoms with E-state index in [2.05, 4.69) is 10.5 Å². The Bertz CT molecular complexity index is 868. The van der Waals surface area contributed by atoms with Crippen molar-refractivity contribution in [2.24, 2.45) is 28.8 Å². The van der Waals surface area contributed by atoms with Crippen LogP contribution in [0.1, 0.15) is 74.7 Å². The second-order valence-corrected chi connectivity index (χ2v) is 12.4. The Morgan fingerprint density at radius 1 is 1.05 bits per heavy atom. The van der Waals surface area contributed by atoms with E-state index in [-0.39, 0.29) is 30.7 Å². The Kier molecular flexibility index (Phi) is 12.0. The third kappa shape index (κ3) is 7.33. The third-order valence-corrected chi connectivity index (χ3v) is 8.97. The highest BCUT2D eigenvalue weighted by molar-refractivity contribution is 5.88. The van der Waals surface area contributed by atoms with Crippen molar-refractivity contribution in [3.8, 4) is 0 Å². The summed E-state index contributed by atoms with van der Waals surface area (Å²) in [6.45, 7) is 12.8. The molecule has 0 aromatic rings. The molecule has 0 aromatic carbocycles. The van der Waals surface area contributed by atoms with Crippen LogP contribution in [0.2, 0.25) is 0 Å². The Labute approximate surface area is 237 Å². The van der Waals surface area contributed by atoms with Gasteiger partial charge in [0.15, 0.2) is 6.29 Å². The van der Waals surface area contributed by atoms with Gasteiger partial charge in [-0.05, 0) is 54.0 Å². The molecule has 2 aliphatic heterocycles. The molecule has 3 unspecified atom stereocenters. The summed E-state index contributed by atoms with van der Waals surface area (Å²) in [7, 11) is 1.72. The quantitative estimate of drug-likeness (QED) is 0.142. The van der Waals surface area contributed by atoms with Crippen LogP contribution in [0.3, 0.4) is 0 Å². The number of ether oxygens (including phenoxy) is 3. The van der Waals surface area contributed by atoms with E-state index in [4.69, 9.17) is 14.2 Å². The van der Waals surface area contributed by atoms with E-state index in [1.54, 1.807) is 34.7 Å². The lowest BCUT2D eigenvalue weighted by Crippen LogP contribution is -2.60. The maximum atomic E-state index is 13.2. The SMILES string of the molecule is CC[C@H]1OC(=O)[C@H](C)[C@@H](O)[C@H](C)[C@H](O[C@@H]2O[C@H](C)CC(NC)[C@@H]2O)C(C)(O)C[C@H](C)/C(=N\O)[C@@H](C)[C@H](O)C1(C)O. The van der Waals surface area contributed by atoms with Crippen LogP contribution in [0.4, 0.5) is 0 Å². The van der Waals surface area contributed by atoms with Gasteiger partial charge >= 0.3 is 5.97 Å². The molecule has 12 heteroatoms. The lowest BCUT2D eigenvalue weighted by atomic mass is 9.73. The van der Waals surface area contributed by atoms with Crippen LogP contribution in [-0.4, -0.2) is 110 Å². The van der Waals surface area contributed by atoms with Crippen LogP contribution in [0.15, 0.2) is 5.16 Å². The van der Waals surface area contributed by atoms with Crippen molar-refractivity contribution in [1.29, 1.82) is 0 Å². The summed E-state index contributed by atoms with van der Waals surface area (Å²) < 4.78 is 17.8. The van der Waals surface area contributed by atoms with Crippen molar-refractivity contribution in [2.45, 2.75) is 135 Å². The standard InChI is InChI=1S/C28H52N2O10/c1-10-19-28(8,36)23(33)15(4)20(30-37)13(2)12-27(7,35)24(16(5)21(31)17(6)25(34)39-19)40-26-22(32)18(29-9)11-14(3)38-26/h13-19,21-24,26,29,31-33,35-37H,10-12H2,1-9H3/b30-20+/t13-,14+,15+,16-,17+,18?,19+,21-,22-,23-,24-,26-,27?,28?/m0/s1. The lowest BCUT2D eigenvalue weighted by molar-refractivity contribution is -0.293. The molecule has 14 atom stereocenters. The van der Waals surface area contributed by atoms with E-state index in [0.717, 1.165) is 0 Å². The molecule has 2 aliphatic rings. The van der Waals surface area contributed by atoms with Crippen molar-refractivity contribution < 1.29 is 49.7 Å². The van der Waals surface area contributed by atoms with Gasteiger partial charge in [0.05, 0.1) is 41.6 Å². The second-order valence-electron chi connectivity index (χ2n) is 12.4. The Morgan fingerprint density at radius 3 is 2.17 bits per heavy atom. The molecule has 0 spiro atoms. The number of aliphatic hydroxyl groups is 5. The van der Waals surface area contributed by atoms with E-state index in [1.807, 2.05) is 6.92 Å². The van der Waals surface area contributed by atoms with Crippen molar-refractivity contribution in [3.05, 3.63) is 0 Å². The summed E-state index contributed by atoms with van der Waals surface area (Å²) in [6.07, 6.45) is -6.96. The molecular formula is C28H52N2O10. The van der Waals surface area contributed by atoms with Crippen LogP contribution in [0.5, 0.6) is 0 Å². The van der Waals surface area contributed by atoms with Gasteiger partial charge in [0.1, 0.15) is 17.8 Å². The Balaban J connectivity index is 2.59. The number of oxime groups is 1. The van der Waals surface area contributed by atoms with Gasteiger partial charge in [-0.15, -0.1) is 0 Å². The number of hydrogen-bond donors (Lipinski definition) is 7. The zero-order chi connectivity index (χ0) is 30.7. The van der Waals surface area contributed by atoms with Crippen LogP contribution in [-0.2, 0) is 19.0 Å². The van der Waals surface area contributed by atoms with Gasteiger partial charge in [0, 0.05) is 23.8 Å². The molecular weight excluding hydrogens is 524 g/mol. The molecule has 2 heterocycles. The maximum absolute atomic E-state index is 13.2. The highest BCUT2D eigenvalue weighted by atomic mass is 16.7. The topological polar surface area (TPSA) is 191 Å². The Morgan fingerprint density at radius 2 is 1.65 bits per heavy atom. The number of cyclic esters (lactones) is 1. The second kappa shape index (κ2) is 13.7. The number of nitrogens with zero attached hydrogens (tertiary/aromatic N) is 1. The smallest absolute Gasteiger partial charge is 0.311 e. The number of likely N-dealkylation sites (N-methyl/N-ethyl adjacent to an activating group) is 1. The van der Waals surface area contributed by atoms with Crippen LogP contribution >= 0.6 is 0 Å². The number of hydrogen-bond acceptors (Lipinski definition) is 12.